The van der Waals surface area contributed by atoms with Crippen molar-refractivity contribution in [1.29, 1.82) is 0 Å². The van der Waals surface area contributed by atoms with Crippen molar-refractivity contribution in [2.45, 2.75) is 193 Å². The second-order valence-electron chi connectivity index (χ2n) is 14.7. The Labute approximate surface area is 342 Å². The number of hydrogen-bond donors (Lipinski definition) is 2. The first kappa shape index (κ1) is 53.7. The van der Waals surface area contributed by atoms with Gasteiger partial charge in [-0.2, -0.15) is 0 Å². The lowest BCUT2D eigenvalue weighted by Crippen LogP contribution is -2.29. The van der Waals surface area contributed by atoms with Crippen molar-refractivity contribution in [3.8, 4) is 0 Å². The van der Waals surface area contributed by atoms with Gasteiger partial charge in [0.05, 0.1) is 13.2 Å². The third-order valence-corrected chi connectivity index (χ3v) is 10.3. The van der Waals surface area contributed by atoms with Gasteiger partial charge in [-0.1, -0.05) is 209 Å². The number of carbonyl (C=O) groups is 2. The minimum Gasteiger partial charge on any atom is -0.462 e. The molecule has 2 atom stereocenters. The number of nitrogens with two attached hydrogens (primary N) is 1. The number of phosphoric acid groups is 1. The van der Waals surface area contributed by atoms with Gasteiger partial charge in [-0.05, 0) is 25.7 Å². The molecule has 0 spiro atoms. The van der Waals surface area contributed by atoms with Gasteiger partial charge in [-0.25, -0.2) is 4.57 Å². The fourth-order valence-corrected chi connectivity index (χ4v) is 6.78. The van der Waals surface area contributed by atoms with Crippen LogP contribution in [0.1, 0.15) is 187 Å². The first-order valence-electron chi connectivity index (χ1n) is 22.3. The van der Waals surface area contributed by atoms with Gasteiger partial charge < -0.3 is 20.1 Å². The van der Waals surface area contributed by atoms with Crippen LogP contribution in [0.5, 0.6) is 0 Å². The Bertz CT molecular complexity index is 1100. The Kier molecular flexibility index (Phi) is 40.6. The maximum Gasteiger partial charge on any atom is 0.472 e. The molecule has 0 saturated carbocycles. The van der Waals surface area contributed by atoms with E-state index in [0.717, 1.165) is 25.7 Å². The molecule has 2 unspecified atom stereocenters. The Morgan fingerprint density at radius 2 is 0.982 bits per heavy atom. The number of rotatable bonds is 41. The number of esters is 2. The van der Waals surface area contributed by atoms with E-state index in [1.807, 2.05) is 54.7 Å². The van der Waals surface area contributed by atoms with E-state index in [1.54, 1.807) is 0 Å². The summed E-state index contributed by atoms with van der Waals surface area (Å²) in [5.41, 5.74) is 5.34. The Balaban J connectivity index is 4.11. The summed E-state index contributed by atoms with van der Waals surface area (Å²) in [6.45, 7) is 3.51. The first-order chi connectivity index (χ1) is 27.3. The summed E-state index contributed by atoms with van der Waals surface area (Å²) in [5, 5.41) is 0. The molecule has 0 bridgehead atoms. The van der Waals surface area contributed by atoms with Crippen LogP contribution in [0.25, 0.3) is 0 Å². The van der Waals surface area contributed by atoms with Crippen LogP contribution in [0.2, 0.25) is 0 Å². The molecule has 0 fully saturated rings. The maximum absolute atomic E-state index is 12.5. The normalized spacial score (nSPS) is 13.9. The van der Waals surface area contributed by atoms with Crippen LogP contribution in [0.4, 0.5) is 0 Å². The van der Waals surface area contributed by atoms with Crippen molar-refractivity contribution in [3.63, 3.8) is 0 Å². The second-order valence-corrected chi connectivity index (χ2v) is 16.1. The van der Waals surface area contributed by atoms with Crippen molar-refractivity contribution in [1.82, 2.24) is 0 Å². The zero-order chi connectivity index (χ0) is 41.1. The Hall–Kier alpha value is -2.29. The SMILES string of the molecule is CC/C=C/C=C/C=C/C=C/C=C/CCCC(=O)OC(COC(=O)CCCCCCCCCCCCCCCCCCCCCCCC)COP(=O)(O)OCCN. The van der Waals surface area contributed by atoms with Gasteiger partial charge in [0.15, 0.2) is 6.10 Å². The van der Waals surface area contributed by atoms with E-state index < -0.39 is 32.5 Å². The maximum atomic E-state index is 12.5. The minimum atomic E-state index is -4.40. The highest BCUT2D eigenvalue weighted by Crippen LogP contribution is 2.43. The molecule has 0 aliphatic rings. The quantitative estimate of drug-likeness (QED) is 0.0268. The van der Waals surface area contributed by atoms with Crippen molar-refractivity contribution >= 4 is 19.8 Å². The lowest BCUT2D eigenvalue weighted by atomic mass is 10.0. The molecular formula is C46H82NO8P. The van der Waals surface area contributed by atoms with E-state index in [9.17, 15) is 19.0 Å². The number of allylic oxidation sites excluding steroid dienone is 10. The summed E-state index contributed by atoms with van der Waals surface area (Å²) >= 11 is 0. The largest absolute Gasteiger partial charge is 0.472 e. The number of phosphoric ester groups is 1. The van der Waals surface area contributed by atoms with Crippen molar-refractivity contribution in [2.75, 3.05) is 26.4 Å². The van der Waals surface area contributed by atoms with Crippen LogP contribution in [-0.4, -0.2) is 49.3 Å². The highest BCUT2D eigenvalue weighted by atomic mass is 31.2. The third-order valence-electron chi connectivity index (χ3n) is 9.30. The number of hydrogen-bond acceptors (Lipinski definition) is 8. The van der Waals surface area contributed by atoms with Gasteiger partial charge in [0.1, 0.15) is 6.61 Å². The molecular weight excluding hydrogens is 725 g/mol. The van der Waals surface area contributed by atoms with Crippen molar-refractivity contribution in [2.24, 2.45) is 5.73 Å². The average molecular weight is 808 g/mol. The summed E-state index contributed by atoms with van der Waals surface area (Å²) in [7, 11) is -4.40. The van der Waals surface area contributed by atoms with Crippen LogP contribution >= 0.6 is 7.82 Å². The lowest BCUT2D eigenvalue weighted by molar-refractivity contribution is -0.161. The van der Waals surface area contributed by atoms with Gasteiger partial charge in [-0.3, -0.25) is 18.6 Å². The molecule has 9 nitrogen and oxygen atoms in total. The van der Waals surface area contributed by atoms with Crippen molar-refractivity contribution in [3.05, 3.63) is 60.8 Å². The number of ether oxygens (including phenoxy) is 2. The molecule has 0 aromatic rings. The molecule has 0 rings (SSSR count). The zero-order valence-corrected chi connectivity index (χ0v) is 36.5. The molecule has 0 aliphatic carbocycles. The molecule has 0 aromatic heterocycles. The van der Waals surface area contributed by atoms with Crippen LogP contribution in [-0.2, 0) is 32.7 Å². The van der Waals surface area contributed by atoms with E-state index in [1.165, 1.54) is 122 Å². The molecule has 0 amide bonds. The van der Waals surface area contributed by atoms with Crippen LogP contribution < -0.4 is 5.73 Å². The predicted molar refractivity (Wildman–Crippen MR) is 233 cm³/mol. The number of unbranched alkanes of at least 4 members (excludes halogenated alkanes) is 22. The molecule has 10 heteroatoms. The summed E-state index contributed by atoms with van der Waals surface area (Å²) in [4.78, 5) is 34.8. The van der Waals surface area contributed by atoms with Crippen LogP contribution in [0.3, 0.4) is 0 Å². The molecule has 0 saturated heterocycles. The van der Waals surface area contributed by atoms with E-state index in [4.69, 9.17) is 24.3 Å². The Morgan fingerprint density at radius 1 is 0.554 bits per heavy atom. The van der Waals surface area contributed by atoms with Gasteiger partial charge in [0.25, 0.3) is 0 Å². The second kappa shape index (κ2) is 42.3. The summed E-state index contributed by atoms with van der Waals surface area (Å²) in [5.74, 6) is -0.913. The third kappa shape index (κ3) is 41.3. The van der Waals surface area contributed by atoms with Crippen LogP contribution in [0, 0.1) is 0 Å². The fraction of sp³-hybridized carbons (Fsp3) is 0.739. The smallest absolute Gasteiger partial charge is 0.462 e. The Morgan fingerprint density at radius 3 is 1.45 bits per heavy atom. The standard InChI is InChI=1S/C46H82NO8P/c1-3-5-7-9-11-13-15-17-18-19-20-21-22-23-24-25-27-28-30-32-34-36-38-45(48)52-42-44(43-54-56(50,51)53-41-40-47)55-46(49)39-37-35-33-31-29-26-16-14-12-10-8-6-4-2/h6,8,10,12,14,16,26,29,31,33,44H,3-5,7,9,11,13,15,17-25,27-28,30,32,34-43,47H2,1-2H3,(H,50,51)/b8-6+,12-10+,16-14+,29-26+,33-31+. The predicted octanol–water partition coefficient (Wildman–Crippen LogP) is 12.9. The topological polar surface area (TPSA) is 134 Å². The summed E-state index contributed by atoms with van der Waals surface area (Å²) in [6, 6.07) is 0. The number of carbonyl (C=O) groups excluding carboxylic acids is 2. The molecule has 0 aromatic carbocycles. The van der Waals surface area contributed by atoms with E-state index >= 15 is 0 Å². The molecule has 324 valence electrons. The zero-order valence-electron chi connectivity index (χ0n) is 35.6. The van der Waals surface area contributed by atoms with E-state index in [0.29, 0.717) is 12.8 Å². The van der Waals surface area contributed by atoms with Gasteiger partial charge in [0, 0.05) is 19.4 Å². The first-order valence-corrected chi connectivity index (χ1v) is 23.8. The minimum absolute atomic E-state index is 0.0404. The highest BCUT2D eigenvalue weighted by Gasteiger charge is 2.25. The summed E-state index contributed by atoms with van der Waals surface area (Å²) in [6.07, 6.45) is 50.0. The lowest BCUT2D eigenvalue weighted by Gasteiger charge is -2.19. The average Bonchev–Trinajstić information content (AvgIpc) is 3.18. The molecule has 0 heterocycles. The highest BCUT2D eigenvalue weighted by molar-refractivity contribution is 7.47. The van der Waals surface area contributed by atoms with Gasteiger partial charge >= 0.3 is 19.8 Å². The molecule has 56 heavy (non-hydrogen) atoms. The molecule has 0 radical (unpaired) electrons. The molecule has 3 N–H and O–H groups in total. The van der Waals surface area contributed by atoms with Gasteiger partial charge in [-0.15, -0.1) is 0 Å². The molecule has 0 aliphatic heterocycles. The van der Waals surface area contributed by atoms with Crippen molar-refractivity contribution < 1.29 is 37.6 Å². The fourth-order valence-electron chi connectivity index (χ4n) is 6.02. The van der Waals surface area contributed by atoms with Gasteiger partial charge in [0.2, 0.25) is 0 Å². The summed E-state index contributed by atoms with van der Waals surface area (Å²) < 4.78 is 32.7. The van der Waals surface area contributed by atoms with E-state index in [-0.39, 0.29) is 32.6 Å². The van der Waals surface area contributed by atoms with E-state index in [2.05, 4.69) is 19.9 Å². The monoisotopic (exact) mass is 808 g/mol. The van der Waals surface area contributed by atoms with Crippen LogP contribution in [0.15, 0.2) is 60.8 Å².